The second-order valence-electron chi connectivity index (χ2n) is 9.62. The summed E-state index contributed by atoms with van der Waals surface area (Å²) in [5.74, 6) is -0.476. The summed E-state index contributed by atoms with van der Waals surface area (Å²) >= 11 is 0. The van der Waals surface area contributed by atoms with Gasteiger partial charge in [-0.05, 0) is 65.5 Å². The Balaban J connectivity index is 1.72. The summed E-state index contributed by atoms with van der Waals surface area (Å²) in [6.07, 6.45) is 2.75. The van der Waals surface area contributed by atoms with Gasteiger partial charge in [0.2, 0.25) is 0 Å². The number of aryl methyl sites for hydroxylation is 2. The molecule has 1 aliphatic rings. The number of nitrogens with zero attached hydrogens (tertiary/aromatic N) is 5. The molecule has 33 heavy (non-hydrogen) atoms. The largest absolute Gasteiger partial charge is 0.489 e. The Morgan fingerprint density at radius 3 is 2.67 bits per heavy atom. The zero-order valence-electron chi connectivity index (χ0n) is 20.3. The monoisotopic (exact) mass is 458 g/mol. The van der Waals surface area contributed by atoms with Crippen molar-refractivity contribution in [2.75, 3.05) is 7.05 Å². The van der Waals surface area contributed by atoms with Gasteiger partial charge >= 0.3 is 12.0 Å². The van der Waals surface area contributed by atoms with Gasteiger partial charge in [-0.1, -0.05) is 5.21 Å². The molecule has 2 amide bonds. The van der Waals surface area contributed by atoms with Crippen LogP contribution in [0.4, 0.5) is 4.79 Å². The third kappa shape index (κ3) is 5.80. The lowest BCUT2D eigenvalue weighted by Crippen LogP contribution is -2.47. The number of nitrogens with one attached hydrogen (secondary N) is 1. The molecule has 2 atom stereocenters. The third-order valence-electron chi connectivity index (χ3n) is 6.21. The maximum atomic E-state index is 12.5. The second kappa shape index (κ2) is 9.76. The molecule has 0 unspecified atom stereocenters. The van der Waals surface area contributed by atoms with Crippen LogP contribution in [-0.4, -0.2) is 60.7 Å². The molecule has 2 heterocycles. The van der Waals surface area contributed by atoms with Gasteiger partial charge in [0, 0.05) is 19.6 Å². The van der Waals surface area contributed by atoms with Gasteiger partial charge in [0.25, 0.3) is 0 Å². The van der Waals surface area contributed by atoms with E-state index in [0.717, 1.165) is 18.5 Å². The van der Waals surface area contributed by atoms with Crippen molar-refractivity contribution in [2.45, 2.75) is 71.6 Å². The van der Waals surface area contributed by atoms with Crippen molar-refractivity contribution < 1.29 is 19.4 Å². The van der Waals surface area contributed by atoms with E-state index in [1.807, 2.05) is 39.8 Å². The Hall–Kier alpha value is -3.17. The molecule has 3 rings (SSSR count). The molecule has 1 aliphatic carbocycles. The number of rotatable bonds is 6. The van der Waals surface area contributed by atoms with Crippen LogP contribution in [0.25, 0.3) is 11.4 Å². The third-order valence-corrected chi connectivity index (χ3v) is 6.21. The van der Waals surface area contributed by atoms with Crippen LogP contribution in [-0.2, 0) is 18.4 Å². The molecule has 1 fully saturated rings. The minimum absolute atomic E-state index is 0.131. The Labute approximate surface area is 194 Å². The average Bonchev–Trinajstić information content (AvgIpc) is 3.12. The highest BCUT2D eigenvalue weighted by Crippen LogP contribution is 2.30. The van der Waals surface area contributed by atoms with Crippen LogP contribution in [0, 0.1) is 12.8 Å². The normalized spacial score (nSPS) is 18.6. The van der Waals surface area contributed by atoms with E-state index >= 15 is 0 Å². The molecular formula is C23H34N6O4. The molecule has 2 aromatic rings. The summed E-state index contributed by atoms with van der Waals surface area (Å²) in [5.41, 5.74) is 2.36. The van der Waals surface area contributed by atoms with E-state index in [2.05, 4.69) is 20.6 Å². The fourth-order valence-electron chi connectivity index (χ4n) is 3.82. The number of aromatic nitrogens is 4. The summed E-state index contributed by atoms with van der Waals surface area (Å²) in [6, 6.07) is 3.47. The van der Waals surface area contributed by atoms with Gasteiger partial charge in [0.1, 0.15) is 11.4 Å². The molecule has 2 N–H and O–H groups in total. The summed E-state index contributed by atoms with van der Waals surface area (Å²) < 4.78 is 7.73. The Kier molecular flexibility index (Phi) is 7.24. The fourth-order valence-corrected chi connectivity index (χ4v) is 3.82. The van der Waals surface area contributed by atoms with Crippen molar-refractivity contribution >= 4 is 12.0 Å². The summed E-state index contributed by atoms with van der Waals surface area (Å²) in [5, 5.41) is 20.6. The highest BCUT2D eigenvalue weighted by molar-refractivity contribution is 5.75. The SMILES string of the molecule is Cc1nc(-c2nnn(C)c2CNC(=O)N(C)C(C)(C)C)ccc1O[C@H]1CCC[C@H](C(=O)O)C1. The van der Waals surface area contributed by atoms with Gasteiger partial charge in [-0.25, -0.2) is 14.5 Å². The van der Waals surface area contributed by atoms with Crippen LogP contribution < -0.4 is 10.1 Å². The molecule has 10 heteroatoms. The first-order valence-corrected chi connectivity index (χ1v) is 11.2. The Bertz CT molecular complexity index is 1010. The van der Waals surface area contributed by atoms with Crippen LogP contribution in [0.3, 0.4) is 0 Å². The average molecular weight is 459 g/mol. The van der Waals surface area contributed by atoms with Crippen molar-refractivity contribution in [1.82, 2.24) is 30.2 Å². The molecule has 2 aromatic heterocycles. The molecule has 0 radical (unpaired) electrons. The minimum Gasteiger partial charge on any atom is -0.489 e. The van der Waals surface area contributed by atoms with Gasteiger partial charge in [0.15, 0.2) is 0 Å². The maximum Gasteiger partial charge on any atom is 0.317 e. The summed E-state index contributed by atoms with van der Waals surface area (Å²) in [7, 11) is 3.53. The lowest BCUT2D eigenvalue weighted by molar-refractivity contribution is -0.143. The number of carboxylic acids is 1. The molecule has 10 nitrogen and oxygen atoms in total. The highest BCUT2D eigenvalue weighted by atomic mass is 16.5. The quantitative estimate of drug-likeness (QED) is 0.682. The predicted octanol–water partition coefficient (Wildman–Crippen LogP) is 3.15. The molecule has 0 saturated heterocycles. The van der Waals surface area contributed by atoms with E-state index in [0.29, 0.717) is 35.7 Å². The number of ether oxygens (including phenoxy) is 1. The predicted molar refractivity (Wildman–Crippen MR) is 123 cm³/mol. The first kappa shape index (κ1) is 24.5. The maximum absolute atomic E-state index is 12.5. The number of pyridine rings is 1. The van der Waals surface area contributed by atoms with Gasteiger partial charge in [0.05, 0.1) is 35.6 Å². The van der Waals surface area contributed by atoms with Crippen LogP contribution in [0.5, 0.6) is 5.75 Å². The number of carbonyl (C=O) groups excluding carboxylic acids is 1. The molecule has 0 aliphatic heterocycles. The molecule has 0 bridgehead atoms. The zero-order chi connectivity index (χ0) is 24.3. The first-order valence-electron chi connectivity index (χ1n) is 11.2. The fraction of sp³-hybridized carbons (Fsp3) is 0.609. The van der Waals surface area contributed by atoms with E-state index in [1.165, 1.54) is 0 Å². The zero-order valence-corrected chi connectivity index (χ0v) is 20.3. The van der Waals surface area contributed by atoms with E-state index in [1.54, 1.807) is 23.7 Å². The molecule has 0 spiro atoms. The summed E-state index contributed by atoms with van der Waals surface area (Å²) in [4.78, 5) is 30.1. The van der Waals surface area contributed by atoms with Crippen molar-refractivity contribution in [3.05, 3.63) is 23.5 Å². The van der Waals surface area contributed by atoms with Gasteiger partial charge in [-0.15, -0.1) is 5.10 Å². The number of urea groups is 1. The van der Waals surface area contributed by atoms with Crippen LogP contribution in [0.1, 0.15) is 57.8 Å². The van der Waals surface area contributed by atoms with E-state index in [-0.39, 0.29) is 30.1 Å². The van der Waals surface area contributed by atoms with Gasteiger partial charge < -0.3 is 20.1 Å². The highest BCUT2D eigenvalue weighted by Gasteiger charge is 2.29. The Morgan fingerprint density at radius 1 is 1.30 bits per heavy atom. The van der Waals surface area contributed by atoms with Crippen LogP contribution in [0.2, 0.25) is 0 Å². The number of aliphatic carboxylic acids is 1. The van der Waals surface area contributed by atoms with Crippen molar-refractivity contribution in [3.63, 3.8) is 0 Å². The van der Waals surface area contributed by atoms with Crippen molar-refractivity contribution in [1.29, 1.82) is 0 Å². The number of hydrogen-bond donors (Lipinski definition) is 2. The topological polar surface area (TPSA) is 122 Å². The van der Waals surface area contributed by atoms with E-state index in [4.69, 9.17) is 4.74 Å². The number of carbonyl (C=O) groups is 2. The molecule has 1 saturated carbocycles. The number of hydrogen-bond acceptors (Lipinski definition) is 6. The smallest absolute Gasteiger partial charge is 0.317 e. The van der Waals surface area contributed by atoms with E-state index < -0.39 is 5.97 Å². The van der Waals surface area contributed by atoms with Crippen molar-refractivity contribution in [2.24, 2.45) is 13.0 Å². The lowest BCUT2D eigenvalue weighted by Gasteiger charge is -2.31. The molecule has 180 valence electrons. The van der Waals surface area contributed by atoms with Crippen LogP contribution >= 0.6 is 0 Å². The standard InChI is InChI=1S/C23H34N6O4/c1-14-19(33-16-9-7-8-15(12-16)21(30)31)11-10-17(25-14)20-18(29(6)27-26-20)13-24-22(32)28(5)23(2,3)4/h10-11,15-16H,7-9,12-13H2,1-6H3,(H,24,32)(H,30,31)/t15-,16-/m0/s1. The summed E-state index contributed by atoms with van der Waals surface area (Å²) in [6.45, 7) is 8.02. The first-order chi connectivity index (χ1) is 15.5. The Morgan fingerprint density at radius 2 is 2.03 bits per heavy atom. The number of carboxylic acid groups (broad SMARTS) is 1. The van der Waals surface area contributed by atoms with Crippen LogP contribution in [0.15, 0.2) is 12.1 Å². The molecular weight excluding hydrogens is 424 g/mol. The van der Waals surface area contributed by atoms with E-state index in [9.17, 15) is 14.7 Å². The van der Waals surface area contributed by atoms with Gasteiger partial charge in [-0.3, -0.25) is 4.79 Å². The van der Waals surface area contributed by atoms with Gasteiger partial charge in [-0.2, -0.15) is 0 Å². The number of amides is 2. The molecule has 0 aromatic carbocycles. The minimum atomic E-state index is -0.760. The second-order valence-corrected chi connectivity index (χ2v) is 9.62. The lowest BCUT2D eigenvalue weighted by atomic mass is 9.87. The van der Waals surface area contributed by atoms with Crippen molar-refractivity contribution in [3.8, 4) is 17.1 Å².